The molecule has 4 N–H and O–H groups in total. The molecule has 1 aromatic heterocycles. The third-order valence-electron chi connectivity index (χ3n) is 4.00. The maximum Gasteiger partial charge on any atom is 0.266 e. The van der Waals surface area contributed by atoms with Crippen LogP contribution in [0.25, 0.3) is 0 Å². The zero-order chi connectivity index (χ0) is 21.9. The second-order valence-corrected chi connectivity index (χ2v) is 8.93. The smallest absolute Gasteiger partial charge is 0.266 e. The van der Waals surface area contributed by atoms with Crippen molar-refractivity contribution in [2.75, 3.05) is 17.1 Å². The summed E-state index contributed by atoms with van der Waals surface area (Å²) in [5.74, 6) is -1.57. The Hall–Kier alpha value is -2.31. The van der Waals surface area contributed by atoms with Gasteiger partial charge in [-0.2, -0.15) is 0 Å². The van der Waals surface area contributed by atoms with Crippen LogP contribution in [0.2, 0.25) is 5.02 Å². The SMILES string of the molecule is COCc1ccc(F)c([C@H](N)Nc2cc(F)c(S(=O)(=O)Nc3cscn3)cc2Cl)c1. The van der Waals surface area contributed by atoms with E-state index >= 15 is 0 Å². The zero-order valence-corrected chi connectivity index (χ0v) is 17.9. The molecule has 0 amide bonds. The Labute approximate surface area is 180 Å². The number of halogens is 3. The van der Waals surface area contributed by atoms with Crippen molar-refractivity contribution in [1.82, 2.24) is 4.98 Å². The Bertz CT molecular complexity index is 1140. The molecule has 0 saturated carbocycles. The summed E-state index contributed by atoms with van der Waals surface area (Å²) in [7, 11) is -2.75. The summed E-state index contributed by atoms with van der Waals surface area (Å²) >= 11 is 7.31. The highest BCUT2D eigenvalue weighted by Crippen LogP contribution is 2.31. The molecule has 0 fully saturated rings. The standard InChI is InChI=1S/C18H17ClF2N4O3S2/c1-28-7-10-2-3-13(20)11(4-10)18(22)24-15-6-14(21)16(5-12(15)19)30(26,27)25-17-8-29-9-23-17/h2-6,8-9,18,24-25H,7,22H2,1H3/t18-/m1/s1. The highest BCUT2D eigenvalue weighted by Gasteiger charge is 2.23. The van der Waals surface area contributed by atoms with Crippen molar-refractivity contribution in [3.8, 4) is 0 Å². The minimum Gasteiger partial charge on any atom is -0.380 e. The third kappa shape index (κ3) is 5.05. The van der Waals surface area contributed by atoms with E-state index < -0.39 is 32.7 Å². The van der Waals surface area contributed by atoms with Crippen LogP contribution < -0.4 is 15.8 Å². The van der Waals surface area contributed by atoms with E-state index in [-0.39, 0.29) is 28.7 Å². The number of methoxy groups -OCH3 is 1. The summed E-state index contributed by atoms with van der Waals surface area (Å²) < 4.78 is 60.8. The first-order valence-corrected chi connectivity index (χ1v) is 11.2. The molecule has 160 valence electrons. The number of hydrogen-bond donors (Lipinski definition) is 3. The largest absolute Gasteiger partial charge is 0.380 e. The lowest BCUT2D eigenvalue weighted by Crippen LogP contribution is -2.22. The number of hydrogen-bond acceptors (Lipinski definition) is 7. The van der Waals surface area contributed by atoms with Gasteiger partial charge in [0.15, 0.2) is 5.82 Å². The first-order valence-electron chi connectivity index (χ1n) is 8.40. The average molecular weight is 475 g/mol. The van der Waals surface area contributed by atoms with Gasteiger partial charge in [-0.05, 0) is 29.8 Å². The maximum atomic E-state index is 14.6. The number of nitrogens with zero attached hydrogens (tertiary/aromatic N) is 1. The Morgan fingerprint density at radius 1 is 1.27 bits per heavy atom. The quantitative estimate of drug-likeness (QED) is 0.424. The van der Waals surface area contributed by atoms with Gasteiger partial charge < -0.3 is 15.8 Å². The van der Waals surface area contributed by atoms with Crippen LogP contribution in [0.15, 0.2) is 46.1 Å². The Morgan fingerprint density at radius 2 is 2.03 bits per heavy atom. The first kappa shape index (κ1) is 22.4. The second-order valence-electron chi connectivity index (χ2n) is 6.15. The van der Waals surface area contributed by atoms with E-state index in [0.29, 0.717) is 5.56 Å². The highest BCUT2D eigenvalue weighted by molar-refractivity contribution is 7.92. The van der Waals surface area contributed by atoms with E-state index in [2.05, 4.69) is 15.0 Å². The lowest BCUT2D eigenvalue weighted by atomic mass is 10.1. The fraction of sp³-hybridized carbons (Fsp3) is 0.167. The van der Waals surface area contributed by atoms with Crippen LogP contribution in [0.3, 0.4) is 0 Å². The van der Waals surface area contributed by atoms with Gasteiger partial charge in [0, 0.05) is 18.1 Å². The van der Waals surface area contributed by atoms with Crippen molar-refractivity contribution in [2.45, 2.75) is 17.7 Å². The van der Waals surface area contributed by atoms with E-state index in [1.54, 1.807) is 6.07 Å². The van der Waals surface area contributed by atoms with E-state index in [0.717, 1.165) is 12.1 Å². The fourth-order valence-electron chi connectivity index (χ4n) is 2.63. The van der Waals surface area contributed by atoms with Crippen molar-refractivity contribution in [1.29, 1.82) is 0 Å². The molecule has 0 unspecified atom stereocenters. The predicted molar refractivity (Wildman–Crippen MR) is 112 cm³/mol. The molecule has 0 aliphatic rings. The molecule has 12 heteroatoms. The van der Waals surface area contributed by atoms with Gasteiger partial charge in [0.25, 0.3) is 10.0 Å². The van der Waals surface area contributed by atoms with Crippen LogP contribution in [-0.2, 0) is 21.4 Å². The number of aromatic nitrogens is 1. The van der Waals surface area contributed by atoms with Crippen molar-refractivity contribution < 1.29 is 21.9 Å². The summed E-state index contributed by atoms with van der Waals surface area (Å²) in [4.78, 5) is 3.14. The van der Waals surface area contributed by atoms with Crippen molar-refractivity contribution in [2.24, 2.45) is 5.73 Å². The molecule has 30 heavy (non-hydrogen) atoms. The molecule has 0 aliphatic carbocycles. The van der Waals surface area contributed by atoms with E-state index in [1.807, 2.05) is 0 Å². The highest BCUT2D eigenvalue weighted by atomic mass is 35.5. The van der Waals surface area contributed by atoms with Gasteiger partial charge in [-0.1, -0.05) is 17.7 Å². The van der Waals surface area contributed by atoms with Gasteiger partial charge >= 0.3 is 0 Å². The molecule has 0 aliphatic heterocycles. The number of anilines is 2. The van der Waals surface area contributed by atoms with Crippen LogP contribution in [0.4, 0.5) is 20.3 Å². The Balaban J connectivity index is 1.86. The Morgan fingerprint density at radius 3 is 2.70 bits per heavy atom. The van der Waals surface area contributed by atoms with Crippen molar-refractivity contribution in [3.05, 3.63) is 69.0 Å². The summed E-state index contributed by atoms with van der Waals surface area (Å²) in [6.45, 7) is 0.258. The summed E-state index contributed by atoms with van der Waals surface area (Å²) in [6.07, 6.45) is -1.07. The minimum absolute atomic E-state index is 0.00539. The first-order chi connectivity index (χ1) is 14.2. The molecule has 2 aromatic carbocycles. The zero-order valence-electron chi connectivity index (χ0n) is 15.5. The minimum atomic E-state index is -4.25. The summed E-state index contributed by atoms with van der Waals surface area (Å²) in [6, 6.07) is 6.13. The molecule has 0 radical (unpaired) electrons. The molecule has 3 rings (SSSR count). The normalized spacial score (nSPS) is 12.6. The molecule has 3 aromatic rings. The number of benzene rings is 2. The van der Waals surface area contributed by atoms with E-state index in [9.17, 15) is 17.2 Å². The molecule has 0 bridgehead atoms. The van der Waals surface area contributed by atoms with Crippen LogP contribution in [0, 0.1) is 11.6 Å². The van der Waals surface area contributed by atoms with Gasteiger partial charge in [0.05, 0.1) is 22.8 Å². The van der Waals surface area contributed by atoms with Gasteiger partial charge in [0.1, 0.15) is 22.7 Å². The van der Waals surface area contributed by atoms with Crippen LogP contribution in [-0.4, -0.2) is 20.5 Å². The lowest BCUT2D eigenvalue weighted by Gasteiger charge is -2.19. The van der Waals surface area contributed by atoms with Crippen molar-refractivity contribution in [3.63, 3.8) is 0 Å². The predicted octanol–water partition coefficient (Wildman–Crippen LogP) is 4.09. The molecule has 1 heterocycles. The molecular formula is C18H17ClF2N4O3S2. The van der Waals surface area contributed by atoms with E-state index in [1.165, 1.54) is 41.5 Å². The van der Waals surface area contributed by atoms with Crippen LogP contribution in [0.5, 0.6) is 0 Å². The number of nitrogens with two attached hydrogens (primary N) is 1. The number of ether oxygens (including phenoxy) is 1. The monoisotopic (exact) mass is 474 g/mol. The topological polar surface area (TPSA) is 106 Å². The number of sulfonamides is 1. The number of rotatable bonds is 8. The lowest BCUT2D eigenvalue weighted by molar-refractivity contribution is 0.184. The van der Waals surface area contributed by atoms with E-state index in [4.69, 9.17) is 22.1 Å². The number of nitrogens with one attached hydrogen (secondary N) is 2. The number of thiazole rings is 1. The summed E-state index contributed by atoms with van der Waals surface area (Å²) in [5.41, 5.74) is 8.25. The fourth-order valence-corrected chi connectivity index (χ4v) is 4.56. The second kappa shape index (κ2) is 9.23. The van der Waals surface area contributed by atoms with Crippen LogP contribution in [0.1, 0.15) is 17.3 Å². The van der Waals surface area contributed by atoms with Gasteiger partial charge in [-0.25, -0.2) is 22.2 Å². The molecule has 0 saturated heterocycles. The Kier molecular flexibility index (Phi) is 6.88. The van der Waals surface area contributed by atoms with Gasteiger partial charge in [-0.3, -0.25) is 4.72 Å². The molecular weight excluding hydrogens is 458 g/mol. The van der Waals surface area contributed by atoms with Crippen molar-refractivity contribution >= 4 is 44.5 Å². The van der Waals surface area contributed by atoms with Gasteiger partial charge in [0.2, 0.25) is 0 Å². The average Bonchev–Trinajstić information content (AvgIpc) is 3.18. The third-order valence-corrected chi connectivity index (χ3v) is 6.27. The summed E-state index contributed by atoms with van der Waals surface area (Å²) in [5, 5.41) is 4.05. The van der Waals surface area contributed by atoms with Gasteiger partial charge in [-0.15, -0.1) is 11.3 Å². The molecule has 1 atom stereocenters. The molecule has 7 nitrogen and oxygen atoms in total. The van der Waals surface area contributed by atoms with Crippen LogP contribution >= 0.6 is 22.9 Å². The maximum absolute atomic E-state index is 14.6. The molecule has 0 spiro atoms.